The molecule has 3 rings (SSSR count). The van der Waals surface area contributed by atoms with E-state index in [2.05, 4.69) is 25.9 Å². The number of hydrogen-bond acceptors (Lipinski definition) is 4. The second-order valence-electron chi connectivity index (χ2n) is 5.47. The lowest BCUT2D eigenvalue weighted by Gasteiger charge is -2.39. The van der Waals surface area contributed by atoms with E-state index in [0.717, 1.165) is 6.07 Å². The number of carboxylic acid groups (broad SMARTS) is 1. The highest BCUT2D eigenvalue weighted by molar-refractivity contribution is 9.10. The van der Waals surface area contributed by atoms with Gasteiger partial charge in [-0.1, -0.05) is 0 Å². The molecule has 0 spiro atoms. The molecular weight excluding hydrogens is 393 g/mol. The SMILES string of the molecule is C[C@H]1CN(C(=O)O)CCN1c1nc(F)nc2c(F)c(Br)c(F)cc12. The van der Waals surface area contributed by atoms with Crippen molar-refractivity contribution >= 4 is 38.7 Å². The van der Waals surface area contributed by atoms with Gasteiger partial charge in [-0.3, -0.25) is 0 Å². The van der Waals surface area contributed by atoms with Crippen LogP contribution >= 0.6 is 15.9 Å². The number of rotatable bonds is 1. The Kier molecular flexibility index (Phi) is 4.24. The van der Waals surface area contributed by atoms with E-state index in [4.69, 9.17) is 5.11 Å². The van der Waals surface area contributed by atoms with Gasteiger partial charge in [-0.05, 0) is 28.9 Å². The molecule has 1 atom stereocenters. The quantitative estimate of drug-likeness (QED) is 0.584. The Bertz CT molecular complexity index is 836. The third-order valence-electron chi connectivity index (χ3n) is 3.95. The summed E-state index contributed by atoms with van der Waals surface area (Å²) in [6.45, 7) is 2.29. The molecule has 0 unspecified atom stereocenters. The van der Waals surface area contributed by atoms with Crippen molar-refractivity contribution in [1.29, 1.82) is 0 Å². The van der Waals surface area contributed by atoms with Crippen LogP contribution in [0.15, 0.2) is 10.5 Å². The van der Waals surface area contributed by atoms with Gasteiger partial charge in [-0.2, -0.15) is 14.4 Å². The van der Waals surface area contributed by atoms with Crippen LogP contribution in [0.25, 0.3) is 10.9 Å². The van der Waals surface area contributed by atoms with Crippen molar-refractivity contribution in [3.8, 4) is 0 Å². The molecule has 0 bridgehead atoms. The molecule has 0 radical (unpaired) electrons. The van der Waals surface area contributed by atoms with Crippen molar-refractivity contribution in [3.05, 3.63) is 28.3 Å². The molecule has 1 saturated heterocycles. The van der Waals surface area contributed by atoms with Crippen LogP contribution in [0.5, 0.6) is 0 Å². The molecule has 1 amide bonds. The van der Waals surface area contributed by atoms with Crippen LogP contribution in [0, 0.1) is 17.7 Å². The van der Waals surface area contributed by atoms with E-state index in [1.165, 1.54) is 4.90 Å². The van der Waals surface area contributed by atoms with Crippen LogP contribution in [0.1, 0.15) is 6.92 Å². The van der Waals surface area contributed by atoms with Gasteiger partial charge in [0, 0.05) is 31.1 Å². The van der Waals surface area contributed by atoms with Gasteiger partial charge in [0.1, 0.15) is 17.2 Å². The molecule has 6 nitrogen and oxygen atoms in total. The standard InChI is InChI=1S/C14H12BrF3N4O2/c1-6-5-21(14(23)24)2-3-22(6)12-7-4-8(16)9(15)10(17)11(7)19-13(18)20-12/h4,6H,2-3,5H2,1H3,(H,23,24)/t6-/m0/s1. The van der Waals surface area contributed by atoms with Crippen LogP contribution in [0.3, 0.4) is 0 Å². The minimum atomic E-state index is -1.14. The van der Waals surface area contributed by atoms with Crippen molar-refractivity contribution < 1.29 is 23.1 Å². The van der Waals surface area contributed by atoms with Crippen LogP contribution in [0.2, 0.25) is 0 Å². The maximum absolute atomic E-state index is 14.2. The number of amides is 1. The summed E-state index contributed by atoms with van der Waals surface area (Å²) in [5.41, 5.74) is -0.335. The average Bonchev–Trinajstić information content (AvgIpc) is 2.53. The van der Waals surface area contributed by atoms with E-state index in [0.29, 0.717) is 0 Å². The van der Waals surface area contributed by atoms with E-state index in [1.807, 2.05) is 0 Å². The fraction of sp³-hybridized carbons (Fsp3) is 0.357. The molecule has 1 aliphatic heterocycles. The first kappa shape index (κ1) is 16.7. The summed E-state index contributed by atoms with van der Waals surface area (Å²) >= 11 is 2.76. The number of aromatic nitrogens is 2. The zero-order chi connectivity index (χ0) is 17.6. The smallest absolute Gasteiger partial charge is 0.407 e. The van der Waals surface area contributed by atoms with Gasteiger partial charge in [-0.25, -0.2) is 13.6 Å². The van der Waals surface area contributed by atoms with Gasteiger partial charge in [0.25, 0.3) is 0 Å². The summed E-state index contributed by atoms with van der Waals surface area (Å²) in [5, 5.41) is 9.08. The van der Waals surface area contributed by atoms with Crippen molar-refractivity contribution in [3.63, 3.8) is 0 Å². The number of anilines is 1. The highest BCUT2D eigenvalue weighted by Gasteiger charge is 2.30. The molecule has 128 valence electrons. The van der Waals surface area contributed by atoms with Gasteiger partial charge in [0.2, 0.25) is 0 Å². The number of fused-ring (bicyclic) bond motifs is 1. The second-order valence-corrected chi connectivity index (χ2v) is 6.26. The molecule has 1 aromatic heterocycles. The molecular formula is C14H12BrF3N4O2. The highest BCUT2D eigenvalue weighted by atomic mass is 79.9. The topological polar surface area (TPSA) is 69.6 Å². The van der Waals surface area contributed by atoms with E-state index < -0.39 is 28.3 Å². The first-order valence-corrected chi connectivity index (χ1v) is 7.84. The fourth-order valence-electron chi connectivity index (χ4n) is 2.80. The lowest BCUT2D eigenvalue weighted by atomic mass is 10.1. The monoisotopic (exact) mass is 404 g/mol. The number of piperazine rings is 1. The van der Waals surface area contributed by atoms with Crippen LogP contribution in [-0.4, -0.2) is 51.7 Å². The molecule has 1 N–H and O–H groups in total. The number of hydrogen-bond donors (Lipinski definition) is 1. The zero-order valence-electron chi connectivity index (χ0n) is 12.4. The van der Waals surface area contributed by atoms with Gasteiger partial charge in [-0.15, -0.1) is 0 Å². The summed E-state index contributed by atoms with van der Waals surface area (Å²) < 4.78 is 41.4. The van der Waals surface area contributed by atoms with Crippen molar-refractivity contribution in [2.24, 2.45) is 0 Å². The minimum Gasteiger partial charge on any atom is -0.465 e. The Morgan fingerprint density at radius 1 is 1.33 bits per heavy atom. The van der Waals surface area contributed by atoms with E-state index in [1.54, 1.807) is 11.8 Å². The third-order valence-corrected chi connectivity index (χ3v) is 4.68. The summed E-state index contributed by atoms with van der Waals surface area (Å²) in [7, 11) is 0. The lowest BCUT2D eigenvalue weighted by Crippen LogP contribution is -2.53. The summed E-state index contributed by atoms with van der Waals surface area (Å²) in [6.07, 6.45) is -2.19. The summed E-state index contributed by atoms with van der Waals surface area (Å²) in [6, 6.07) is 0.690. The average molecular weight is 405 g/mol. The first-order valence-electron chi connectivity index (χ1n) is 7.05. The second kappa shape index (κ2) is 6.08. The Hall–Kier alpha value is -2.10. The maximum Gasteiger partial charge on any atom is 0.407 e. The minimum absolute atomic E-state index is 0.0326. The maximum atomic E-state index is 14.2. The normalized spacial score (nSPS) is 18.3. The van der Waals surface area contributed by atoms with Crippen molar-refractivity contribution in [2.75, 3.05) is 24.5 Å². The summed E-state index contributed by atoms with van der Waals surface area (Å²) in [4.78, 5) is 21.0. The number of nitrogens with zero attached hydrogens (tertiary/aromatic N) is 4. The molecule has 1 aliphatic rings. The highest BCUT2D eigenvalue weighted by Crippen LogP contribution is 2.33. The first-order chi connectivity index (χ1) is 11.3. The van der Waals surface area contributed by atoms with Gasteiger partial charge < -0.3 is 14.9 Å². The Labute approximate surface area is 143 Å². The predicted molar refractivity (Wildman–Crippen MR) is 83.5 cm³/mol. The lowest BCUT2D eigenvalue weighted by molar-refractivity contribution is 0.136. The molecule has 0 aliphatic carbocycles. The predicted octanol–water partition coefficient (Wildman–Crippen LogP) is 3.00. The molecule has 0 saturated carbocycles. The van der Waals surface area contributed by atoms with Gasteiger partial charge >= 0.3 is 12.2 Å². The Morgan fingerprint density at radius 3 is 2.67 bits per heavy atom. The van der Waals surface area contributed by atoms with Crippen molar-refractivity contribution in [1.82, 2.24) is 14.9 Å². The van der Waals surface area contributed by atoms with E-state index >= 15 is 0 Å². The molecule has 1 aromatic carbocycles. The van der Waals surface area contributed by atoms with Crippen LogP contribution in [0.4, 0.5) is 23.8 Å². The van der Waals surface area contributed by atoms with Gasteiger partial charge in [0.15, 0.2) is 5.82 Å². The molecule has 24 heavy (non-hydrogen) atoms. The molecule has 2 aromatic rings. The third kappa shape index (κ3) is 2.74. The van der Waals surface area contributed by atoms with E-state index in [9.17, 15) is 18.0 Å². The summed E-state index contributed by atoms with van der Waals surface area (Å²) in [5.74, 6) is -1.82. The van der Waals surface area contributed by atoms with E-state index in [-0.39, 0.29) is 42.4 Å². The number of halogens is 4. The van der Waals surface area contributed by atoms with Crippen molar-refractivity contribution in [2.45, 2.75) is 13.0 Å². The van der Waals surface area contributed by atoms with Gasteiger partial charge in [0.05, 0.1) is 4.47 Å². The molecule has 2 heterocycles. The number of carbonyl (C=O) groups is 1. The Balaban J connectivity index is 2.11. The Morgan fingerprint density at radius 2 is 2.04 bits per heavy atom. The van der Waals surface area contributed by atoms with Crippen LogP contribution < -0.4 is 4.90 Å². The number of benzene rings is 1. The largest absolute Gasteiger partial charge is 0.465 e. The fourth-order valence-corrected chi connectivity index (χ4v) is 3.10. The van der Waals surface area contributed by atoms with Crippen LogP contribution in [-0.2, 0) is 0 Å². The molecule has 1 fully saturated rings. The molecule has 10 heteroatoms. The zero-order valence-corrected chi connectivity index (χ0v) is 14.0.